The number of hydrogen-bond acceptors (Lipinski definition) is 14. The number of aliphatic hydroxyl groups is 8. The molecule has 3 fully saturated rings. The van der Waals surface area contributed by atoms with Crippen molar-refractivity contribution >= 4 is 0 Å². The van der Waals surface area contributed by atoms with Gasteiger partial charge >= 0.3 is 5.69 Å². The quantitative estimate of drug-likeness (QED) is 0.150. The standard InChI is InChI=1S/C23H36N2O14/c1-7-13(29)15(31)10(36-21(7)39-22-8(2)14(30)16(32)11(6-26)37-22)5-9(27)19-17(33)18(34)20(38-19)25-4-3-12(28)24-23(25)35/h3-4,7-11,13-22,26-27,29-34H,5-6H2,1-2H3,(H,24,28,35)/t7-,8?,9-,10-,11+,13?,14?,15?,16-,17+,18-,19-,20-,21+,22-/m1/s1. The van der Waals surface area contributed by atoms with Gasteiger partial charge in [-0.2, -0.15) is 0 Å². The number of ether oxygens (including phenoxy) is 4. The van der Waals surface area contributed by atoms with Gasteiger partial charge in [0.2, 0.25) is 0 Å². The minimum absolute atomic E-state index is 0.409. The number of aliphatic hydroxyl groups excluding tert-OH is 8. The largest absolute Gasteiger partial charge is 0.394 e. The van der Waals surface area contributed by atoms with Crippen LogP contribution in [0.15, 0.2) is 21.9 Å². The molecule has 16 heteroatoms. The Morgan fingerprint density at radius 3 is 2.00 bits per heavy atom. The van der Waals surface area contributed by atoms with Crippen LogP contribution in [0.5, 0.6) is 0 Å². The molecule has 0 radical (unpaired) electrons. The maximum Gasteiger partial charge on any atom is 0.330 e. The van der Waals surface area contributed by atoms with E-state index in [4.69, 9.17) is 18.9 Å². The van der Waals surface area contributed by atoms with E-state index in [1.807, 2.05) is 4.98 Å². The summed E-state index contributed by atoms with van der Waals surface area (Å²) in [6.45, 7) is 2.48. The Hall–Kier alpha value is -1.80. The van der Waals surface area contributed by atoms with Crippen molar-refractivity contribution in [2.24, 2.45) is 11.8 Å². The summed E-state index contributed by atoms with van der Waals surface area (Å²) in [6.07, 6.45) is -17.4. The summed E-state index contributed by atoms with van der Waals surface area (Å²) in [7, 11) is 0. The Balaban J connectivity index is 1.45. The fourth-order valence-electron chi connectivity index (χ4n) is 5.16. The maximum atomic E-state index is 12.1. The number of hydrogen-bond donors (Lipinski definition) is 9. The Morgan fingerprint density at radius 2 is 1.44 bits per heavy atom. The predicted molar refractivity (Wildman–Crippen MR) is 126 cm³/mol. The van der Waals surface area contributed by atoms with E-state index < -0.39 is 116 Å². The van der Waals surface area contributed by atoms with E-state index in [-0.39, 0.29) is 0 Å². The molecular weight excluding hydrogens is 528 g/mol. The fraction of sp³-hybridized carbons (Fsp3) is 0.826. The summed E-state index contributed by atoms with van der Waals surface area (Å²) in [6, 6.07) is 1.02. The number of aromatic amines is 1. The highest BCUT2D eigenvalue weighted by Gasteiger charge is 2.51. The first-order valence-electron chi connectivity index (χ1n) is 12.7. The molecule has 39 heavy (non-hydrogen) atoms. The first kappa shape index (κ1) is 30.2. The normalized spacial score (nSPS) is 45.8. The molecule has 4 unspecified atom stereocenters. The van der Waals surface area contributed by atoms with E-state index in [1.165, 1.54) is 6.92 Å². The van der Waals surface area contributed by atoms with E-state index in [9.17, 15) is 50.4 Å². The molecule has 3 saturated heterocycles. The van der Waals surface area contributed by atoms with Gasteiger partial charge in [-0.05, 0) is 0 Å². The van der Waals surface area contributed by atoms with Crippen LogP contribution >= 0.6 is 0 Å². The van der Waals surface area contributed by atoms with Gasteiger partial charge in [-0.3, -0.25) is 14.3 Å². The molecule has 0 saturated carbocycles. The molecule has 0 aromatic carbocycles. The van der Waals surface area contributed by atoms with Crippen LogP contribution in [-0.2, 0) is 18.9 Å². The number of rotatable bonds is 7. The highest BCUT2D eigenvalue weighted by atomic mass is 16.8. The second kappa shape index (κ2) is 12.0. The van der Waals surface area contributed by atoms with Crippen molar-refractivity contribution < 1.29 is 59.8 Å². The van der Waals surface area contributed by atoms with Gasteiger partial charge in [0, 0.05) is 30.5 Å². The highest BCUT2D eigenvalue weighted by Crippen LogP contribution is 2.36. The number of nitrogens with one attached hydrogen (secondary N) is 1. The molecule has 16 nitrogen and oxygen atoms in total. The summed E-state index contributed by atoms with van der Waals surface area (Å²) < 4.78 is 23.6. The Kier molecular flexibility index (Phi) is 9.26. The molecular formula is C23H36N2O14. The number of aromatic nitrogens is 2. The van der Waals surface area contributed by atoms with Crippen LogP contribution in [0.4, 0.5) is 0 Å². The molecule has 1 aromatic rings. The second-order valence-electron chi connectivity index (χ2n) is 10.4. The van der Waals surface area contributed by atoms with Crippen molar-refractivity contribution in [2.45, 2.75) is 100 Å². The molecule has 9 N–H and O–H groups in total. The minimum Gasteiger partial charge on any atom is -0.394 e. The van der Waals surface area contributed by atoms with Gasteiger partial charge in [-0.25, -0.2) is 4.79 Å². The van der Waals surface area contributed by atoms with Crippen LogP contribution in [0, 0.1) is 11.8 Å². The zero-order chi connectivity index (χ0) is 28.8. The van der Waals surface area contributed by atoms with Crippen LogP contribution in [0.2, 0.25) is 0 Å². The van der Waals surface area contributed by atoms with Gasteiger partial charge in [-0.1, -0.05) is 13.8 Å². The van der Waals surface area contributed by atoms with Crippen LogP contribution in [-0.4, -0.2) is 131 Å². The summed E-state index contributed by atoms with van der Waals surface area (Å²) in [5.74, 6) is -1.57. The van der Waals surface area contributed by atoms with Crippen LogP contribution < -0.4 is 11.2 Å². The lowest BCUT2D eigenvalue weighted by Crippen LogP contribution is -2.59. The molecule has 1 aromatic heterocycles. The van der Waals surface area contributed by atoms with E-state index in [2.05, 4.69) is 0 Å². The van der Waals surface area contributed by atoms with E-state index in [0.29, 0.717) is 0 Å². The Bertz CT molecular complexity index is 1080. The first-order chi connectivity index (χ1) is 18.3. The van der Waals surface area contributed by atoms with Gasteiger partial charge in [0.1, 0.15) is 36.6 Å². The minimum atomic E-state index is -1.67. The van der Waals surface area contributed by atoms with Gasteiger partial charge in [-0.15, -0.1) is 0 Å². The average Bonchev–Trinajstić information content (AvgIpc) is 3.19. The molecule has 15 atom stereocenters. The molecule has 4 heterocycles. The third kappa shape index (κ3) is 5.83. The van der Waals surface area contributed by atoms with E-state index in [1.54, 1.807) is 6.92 Å². The lowest BCUT2D eigenvalue weighted by atomic mass is 9.88. The van der Waals surface area contributed by atoms with Gasteiger partial charge in [0.25, 0.3) is 5.56 Å². The van der Waals surface area contributed by atoms with Crippen molar-refractivity contribution in [3.8, 4) is 0 Å². The molecule has 4 rings (SSSR count). The van der Waals surface area contributed by atoms with Crippen LogP contribution in [0.3, 0.4) is 0 Å². The predicted octanol–water partition coefficient (Wildman–Crippen LogP) is -4.92. The molecule has 222 valence electrons. The SMILES string of the molecule is CC1C(O)[C@H](O)[C@H](CO)O[C@@H]1O[C@@H]1O[C@H](C[C@@H](O)[C@H]2O[C@@H](n3ccc(=O)[nH]c3=O)[C@H](O)[C@@H]2O)C(O)C(O)[C@H]1C. The van der Waals surface area contributed by atoms with Crippen molar-refractivity contribution in [2.75, 3.05) is 6.61 Å². The number of H-pyrrole nitrogens is 1. The zero-order valence-electron chi connectivity index (χ0n) is 21.2. The van der Waals surface area contributed by atoms with Crippen molar-refractivity contribution in [3.63, 3.8) is 0 Å². The van der Waals surface area contributed by atoms with Crippen LogP contribution in [0.25, 0.3) is 0 Å². The Labute approximate surface area is 221 Å². The topological polar surface area (TPSA) is 254 Å². The smallest absolute Gasteiger partial charge is 0.330 e. The third-order valence-corrected chi connectivity index (χ3v) is 7.72. The average molecular weight is 565 g/mol. The first-order valence-corrected chi connectivity index (χ1v) is 12.7. The zero-order valence-corrected chi connectivity index (χ0v) is 21.2. The highest BCUT2D eigenvalue weighted by molar-refractivity contribution is 4.98. The van der Waals surface area contributed by atoms with E-state index >= 15 is 0 Å². The maximum absolute atomic E-state index is 12.1. The molecule has 3 aliphatic heterocycles. The fourth-order valence-corrected chi connectivity index (χ4v) is 5.16. The lowest BCUT2D eigenvalue weighted by Gasteiger charge is -2.46. The Morgan fingerprint density at radius 1 is 0.872 bits per heavy atom. The molecule has 0 amide bonds. The third-order valence-electron chi connectivity index (χ3n) is 7.72. The van der Waals surface area contributed by atoms with Gasteiger partial charge < -0.3 is 59.8 Å². The van der Waals surface area contributed by atoms with Crippen molar-refractivity contribution in [1.29, 1.82) is 0 Å². The number of nitrogens with zero attached hydrogens (tertiary/aromatic N) is 1. The summed E-state index contributed by atoms with van der Waals surface area (Å²) >= 11 is 0. The summed E-state index contributed by atoms with van der Waals surface area (Å²) in [5.41, 5.74) is -1.59. The van der Waals surface area contributed by atoms with Crippen molar-refractivity contribution in [1.82, 2.24) is 9.55 Å². The lowest BCUT2D eigenvalue weighted by molar-refractivity contribution is -0.360. The summed E-state index contributed by atoms with van der Waals surface area (Å²) in [5, 5.41) is 82.9. The second-order valence-corrected chi connectivity index (χ2v) is 10.4. The van der Waals surface area contributed by atoms with Gasteiger partial charge in [0.15, 0.2) is 18.8 Å². The molecule has 0 bridgehead atoms. The van der Waals surface area contributed by atoms with Crippen molar-refractivity contribution in [3.05, 3.63) is 33.1 Å². The molecule has 0 spiro atoms. The summed E-state index contributed by atoms with van der Waals surface area (Å²) in [4.78, 5) is 25.4. The molecule has 0 aliphatic carbocycles. The van der Waals surface area contributed by atoms with Gasteiger partial charge in [0.05, 0.1) is 31.0 Å². The van der Waals surface area contributed by atoms with E-state index in [0.717, 1.165) is 16.8 Å². The van der Waals surface area contributed by atoms with Crippen LogP contribution in [0.1, 0.15) is 26.5 Å². The molecule has 3 aliphatic rings. The monoisotopic (exact) mass is 564 g/mol.